The van der Waals surface area contributed by atoms with E-state index < -0.39 is 0 Å². The van der Waals surface area contributed by atoms with Crippen LogP contribution >= 0.6 is 0 Å². The minimum absolute atomic E-state index is 0.630. The van der Waals surface area contributed by atoms with E-state index in [4.69, 9.17) is 4.74 Å². The van der Waals surface area contributed by atoms with Gasteiger partial charge in [-0.25, -0.2) is 0 Å². The maximum absolute atomic E-state index is 10.9. The number of aldehydes is 1. The zero-order valence-electron chi connectivity index (χ0n) is 9.12. The molecule has 0 amide bonds. The first kappa shape index (κ1) is 10.0. The second-order valence-electron chi connectivity index (χ2n) is 3.84. The van der Waals surface area contributed by atoms with Crippen LogP contribution in [-0.4, -0.2) is 27.0 Å². The number of aryl methyl sites for hydroxylation is 1. The molecule has 0 aromatic heterocycles. The summed E-state index contributed by atoms with van der Waals surface area (Å²) in [5.41, 5.74) is 2.98. The third-order valence-electron chi connectivity index (χ3n) is 2.90. The Balaban J connectivity index is 2.61. The highest BCUT2D eigenvalue weighted by Gasteiger charge is 2.20. The van der Waals surface area contributed by atoms with Gasteiger partial charge in [-0.2, -0.15) is 0 Å². The van der Waals surface area contributed by atoms with Crippen LogP contribution in [0.4, 0.5) is 5.69 Å². The minimum atomic E-state index is 0.630. The first-order valence-corrected chi connectivity index (χ1v) is 5.14. The van der Waals surface area contributed by atoms with Gasteiger partial charge in [-0.15, -0.1) is 0 Å². The van der Waals surface area contributed by atoms with Crippen molar-refractivity contribution in [3.05, 3.63) is 23.3 Å². The van der Waals surface area contributed by atoms with Gasteiger partial charge in [0.15, 0.2) is 12.0 Å². The molecule has 1 heterocycles. The van der Waals surface area contributed by atoms with Gasteiger partial charge in [-0.1, -0.05) is 6.07 Å². The van der Waals surface area contributed by atoms with Crippen molar-refractivity contribution in [2.24, 2.45) is 0 Å². The maximum atomic E-state index is 10.9. The van der Waals surface area contributed by atoms with Gasteiger partial charge < -0.3 is 9.64 Å². The molecule has 80 valence electrons. The molecule has 0 atom stereocenters. The summed E-state index contributed by atoms with van der Waals surface area (Å²) in [4.78, 5) is 13.0. The molecule has 0 unspecified atom stereocenters. The number of carbonyl (C=O) groups is 1. The molecule has 1 aliphatic heterocycles. The molecule has 0 saturated carbocycles. The lowest BCUT2D eigenvalue weighted by atomic mass is 9.99. The third kappa shape index (κ3) is 1.58. The lowest BCUT2D eigenvalue weighted by Gasteiger charge is -2.29. The second kappa shape index (κ2) is 3.93. The van der Waals surface area contributed by atoms with Crippen LogP contribution in [-0.2, 0) is 6.42 Å². The Kier molecular flexibility index (Phi) is 2.62. The van der Waals surface area contributed by atoms with Gasteiger partial charge >= 0.3 is 0 Å². The average Bonchev–Trinajstić information content (AvgIpc) is 2.28. The van der Waals surface area contributed by atoms with Crippen LogP contribution < -0.4 is 9.64 Å². The summed E-state index contributed by atoms with van der Waals surface area (Å²) < 4.78 is 5.33. The van der Waals surface area contributed by atoms with Crippen molar-refractivity contribution in [3.63, 3.8) is 0 Å². The molecule has 0 aliphatic carbocycles. The predicted molar refractivity (Wildman–Crippen MR) is 60.0 cm³/mol. The summed E-state index contributed by atoms with van der Waals surface area (Å²) in [6, 6.07) is 3.86. The number of benzene rings is 1. The van der Waals surface area contributed by atoms with Gasteiger partial charge in [0.1, 0.15) is 0 Å². The number of methoxy groups -OCH3 is 1. The van der Waals surface area contributed by atoms with Gasteiger partial charge in [0.2, 0.25) is 0 Å². The monoisotopic (exact) mass is 205 g/mol. The van der Waals surface area contributed by atoms with Crippen molar-refractivity contribution in [3.8, 4) is 5.75 Å². The molecule has 0 radical (unpaired) electrons. The van der Waals surface area contributed by atoms with Crippen LogP contribution in [0.25, 0.3) is 0 Å². The van der Waals surface area contributed by atoms with E-state index in [1.807, 2.05) is 19.2 Å². The van der Waals surface area contributed by atoms with Gasteiger partial charge in [0.05, 0.1) is 18.4 Å². The number of fused-ring (bicyclic) bond motifs is 1. The lowest BCUT2D eigenvalue weighted by Crippen LogP contribution is -2.25. The Morgan fingerprint density at radius 1 is 1.47 bits per heavy atom. The van der Waals surface area contributed by atoms with Crippen molar-refractivity contribution in [1.82, 2.24) is 0 Å². The smallest absolute Gasteiger partial charge is 0.153 e. The van der Waals surface area contributed by atoms with E-state index >= 15 is 0 Å². The van der Waals surface area contributed by atoms with Crippen LogP contribution in [0.1, 0.15) is 22.3 Å². The molecule has 0 saturated heterocycles. The molecule has 0 N–H and O–H groups in total. The average molecular weight is 205 g/mol. The summed E-state index contributed by atoms with van der Waals surface area (Å²) >= 11 is 0. The topological polar surface area (TPSA) is 29.5 Å². The van der Waals surface area contributed by atoms with E-state index in [0.29, 0.717) is 11.3 Å². The first-order valence-electron chi connectivity index (χ1n) is 5.14. The van der Waals surface area contributed by atoms with Crippen molar-refractivity contribution in [2.45, 2.75) is 12.8 Å². The molecule has 2 rings (SSSR count). The van der Waals surface area contributed by atoms with Crippen molar-refractivity contribution < 1.29 is 9.53 Å². The maximum Gasteiger partial charge on any atom is 0.153 e. The lowest BCUT2D eigenvalue weighted by molar-refractivity contribution is 0.112. The summed E-state index contributed by atoms with van der Waals surface area (Å²) in [6.07, 6.45) is 3.07. The highest BCUT2D eigenvalue weighted by molar-refractivity contribution is 5.85. The van der Waals surface area contributed by atoms with Gasteiger partial charge in [-0.05, 0) is 24.5 Å². The zero-order chi connectivity index (χ0) is 10.8. The van der Waals surface area contributed by atoms with Crippen LogP contribution in [0.2, 0.25) is 0 Å². The quantitative estimate of drug-likeness (QED) is 0.690. The normalized spacial score (nSPS) is 14.7. The largest absolute Gasteiger partial charge is 0.494 e. The van der Waals surface area contributed by atoms with Gasteiger partial charge in [0.25, 0.3) is 0 Å². The number of rotatable bonds is 2. The predicted octanol–water partition coefficient (Wildman–Crippen LogP) is 1.89. The van der Waals surface area contributed by atoms with E-state index in [0.717, 1.165) is 31.4 Å². The molecule has 0 spiro atoms. The number of carbonyl (C=O) groups excluding carboxylic acids is 1. The van der Waals surface area contributed by atoms with E-state index in [9.17, 15) is 4.79 Å². The zero-order valence-corrected chi connectivity index (χ0v) is 9.12. The van der Waals surface area contributed by atoms with Crippen molar-refractivity contribution >= 4 is 12.0 Å². The number of ether oxygens (including phenoxy) is 1. The number of hydrogen-bond acceptors (Lipinski definition) is 3. The SMILES string of the molecule is COc1c(C=O)ccc2c1N(C)CCC2. The standard InChI is InChI=1S/C12H15NO2/c1-13-7-3-4-9-5-6-10(8-14)12(15-2)11(9)13/h5-6,8H,3-4,7H2,1-2H3. The Labute approximate surface area is 89.7 Å². The Morgan fingerprint density at radius 3 is 2.93 bits per heavy atom. The molecule has 1 aromatic rings. The van der Waals surface area contributed by atoms with E-state index in [2.05, 4.69) is 4.90 Å². The second-order valence-corrected chi connectivity index (χ2v) is 3.84. The Hall–Kier alpha value is -1.51. The number of hydrogen-bond donors (Lipinski definition) is 0. The van der Waals surface area contributed by atoms with Crippen LogP contribution in [0.5, 0.6) is 5.75 Å². The summed E-state index contributed by atoms with van der Waals surface area (Å²) in [7, 11) is 3.65. The number of nitrogens with zero attached hydrogens (tertiary/aromatic N) is 1. The highest BCUT2D eigenvalue weighted by atomic mass is 16.5. The van der Waals surface area contributed by atoms with E-state index in [1.54, 1.807) is 7.11 Å². The van der Waals surface area contributed by atoms with Gasteiger partial charge in [-0.3, -0.25) is 4.79 Å². The highest BCUT2D eigenvalue weighted by Crippen LogP contribution is 2.37. The summed E-state index contributed by atoms with van der Waals surface area (Å²) in [6.45, 7) is 1.02. The van der Waals surface area contributed by atoms with Gasteiger partial charge in [0, 0.05) is 13.6 Å². The Morgan fingerprint density at radius 2 is 2.27 bits per heavy atom. The molecule has 15 heavy (non-hydrogen) atoms. The molecule has 1 aliphatic rings. The molecule has 1 aromatic carbocycles. The van der Waals surface area contributed by atoms with Crippen molar-refractivity contribution in [2.75, 3.05) is 25.6 Å². The molecule has 3 heteroatoms. The fourth-order valence-corrected chi connectivity index (χ4v) is 2.17. The molecular formula is C12H15NO2. The molecule has 3 nitrogen and oxygen atoms in total. The molecular weight excluding hydrogens is 190 g/mol. The number of anilines is 1. The van der Waals surface area contributed by atoms with E-state index in [1.165, 1.54) is 5.56 Å². The fourth-order valence-electron chi connectivity index (χ4n) is 2.17. The third-order valence-corrected chi connectivity index (χ3v) is 2.90. The van der Waals surface area contributed by atoms with Crippen LogP contribution in [0.15, 0.2) is 12.1 Å². The van der Waals surface area contributed by atoms with Crippen LogP contribution in [0, 0.1) is 0 Å². The molecule has 0 bridgehead atoms. The van der Waals surface area contributed by atoms with Crippen LogP contribution in [0.3, 0.4) is 0 Å². The minimum Gasteiger partial charge on any atom is -0.494 e. The first-order chi connectivity index (χ1) is 7.27. The summed E-state index contributed by atoms with van der Waals surface area (Å²) in [5.74, 6) is 0.713. The van der Waals surface area contributed by atoms with E-state index in [-0.39, 0.29) is 0 Å². The Bertz CT molecular complexity index is 387. The van der Waals surface area contributed by atoms with Crippen molar-refractivity contribution in [1.29, 1.82) is 0 Å². The molecule has 0 fully saturated rings. The summed E-state index contributed by atoms with van der Waals surface area (Å²) in [5, 5.41) is 0. The fraction of sp³-hybridized carbons (Fsp3) is 0.417.